The molecule has 0 bridgehead atoms. The van der Waals surface area contributed by atoms with Crippen molar-refractivity contribution in [1.82, 2.24) is 0 Å². The van der Waals surface area contributed by atoms with Crippen molar-refractivity contribution in [2.75, 3.05) is 41.3 Å². The predicted octanol–water partition coefficient (Wildman–Crippen LogP) is 5.25. The number of aliphatic hydroxyl groups is 1. The van der Waals surface area contributed by atoms with E-state index in [4.69, 9.17) is 23.7 Å². The van der Waals surface area contributed by atoms with Crippen LogP contribution in [0.25, 0.3) is 0 Å². The number of rotatable bonds is 10. The van der Waals surface area contributed by atoms with Gasteiger partial charge in [0.05, 0.1) is 46.0 Å². The molecule has 3 atom stereocenters. The van der Waals surface area contributed by atoms with E-state index in [1.807, 2.05) is 24.5 Å². The minimum atomic E-state index is -0.542. The van der Waals surface area contributed by atoms with E-state index >= 15 is 0 Å². The Balaban J connectivity index is 1.94. The Labute approximate surface area is 195 Å². The lowest BCUT2D eigenvalue weighted by Gasteiger charge is -2.23. The molecule has 0 saturated heterocycles. The molecule has 0 aromatic heterocycles. The molecular weight excluding hydrogens is 428 g/mol. The highest BCUT2D eigenvalue weighted by Gasteiger charge is 2.38. The van der Waals surface area contributed by atoms with Crippen LogP contribution < -0.4 is 23.7 Å². The molecule has 176 valence electrons. The molecule has 3 rings (SSSR count). The first-order valence-electron chi connectivity index (χ1n) is 10.9. The van der Waals surface area contributed by atoms with Gasteiger partial charge in [0.15, 0.2) is 23.0 Å². The normalized spacial score (nSPS) is 20.2. The van der Waals surface area contributed by atoms with Crippen LogP contribution in [0.5, 0.6) is 28.7 Å². The number of aliphatic hydroxyl groups excluding tert-OH is 1. The predicted molar refractivity (Wildman–Crippen MR) is 127 cm³/mol. The van der Waals surface area contributed by atoms with Crippen molar-refractivity contribution in [3.63, 3.8) is 0 Å². The molecule has 2 aromatic rings. The van der Waals surface area contributed by atoms with Crippen molar-refractivity contribution in [3.05, 3.63) is 35.4 Å². The molecule has 0 aliphatic heterocycles. The van der Waals surface area contributed by atoms with Crippen molar-refractivity contribution >= 4 is 11.8 Å². The summed E-state index contributed by atoms with van der Waals surface area (Å²) in [7, 11) is 6.46. The third-order valence-electron chi connectivity index (χ3n) is 6.09. The first-order chi connectivity index (χ1) is 15.5. The van der Waals surface area contributed by atoms with Crippen molar-refractivity contribution in [3.8, 4) is 28.7 Å². The maximum atomic E-state index is 11.4. The summed E-state index contributed by atoms with van der Waals surface area (Å²) >= 11 is 1.63. The van der Waals surface area contributed by atoms with Crippen LogP contribution >= 0.6 is 11.8 Å². The van der Waals surface area contributed by atoms with Gasteiger partial charge in [0.1, 0.15) is 0 Å². The number of ether oxygens (including phenoxy) is 5. The minimum absolute atomic E-state index is 0.000818. The molecule has 1 fully saturated rings. The summed E-state index contributed by atoms with van der Waals surface area (Å²) in [6, 6.07) is 8.01. The van der Waals surface area contributed by atoms with Crippen molar-refractivity contribution in [2.45, 2.75) is 49.0 Å². The average molecular weight is 463 g/mol. The van der Waals surface area contributed by atoms with Crippen LogP contribution in [-0.4, -0.2) is 52.5 Å². The summed E-state index contributed by atoms with van der Waals surface area (Å²) in [6.45, 7) is 2.72. The van der Waals surface area contributed by atoms with E-state index in [1.165, 1.54) is 0 Å². The van der Waals surface area contributed by atoms with Gasteiger partial charge in [-0.15, -0.1) is 11.8 Å². The molecule has 6 nitrogen and oxygen atoms in total. The quantitative estimate of drug-likeness (QED) is 0.484. The van der Waals surface area contributed by atoms with Crippen LogP contribution in [-0.2, 0) is 0 Å². The Morgan fingerprint density at radius 3 is 1.75 bits per heavy atom. The summed E-state index contributed by atoms with van der Waals surface area (Å²) in [5.74, 6) is 3.21. The summed E-state index contributed by atoms with van der Waals surface area (Å²) < 4.78 is 28.1. The van der Waals surface area contributed by atoms with Crippen LogP contribution in [0.3, 0.4) is 0 Å². The van der Waals surface area contributed by atoms with Crippen molar-refractivity contribution in [2.24, 2.45) is 0 Å². The Morgan fingerprint density at radius 1 is 0.812 bits per heavy atom. The Morgan fingerprint density at radius 2 is 1.31 bits per heavy atom. The van der Waals surface area contributed by atoms with E-state index < -0.39 is 6.10 Å². The van der Waals surface area contributed by atoms with Gasteiger partial charge in [0.25, 0.3) is 0 Å². The molecular formula is C25H34O6S. The first kappa shape index (κ1) is 24.4. The van der Waals surface area contributed by atoms with E-state index in [0.717, 1.165) is 41.0 Å². The molecule has 32 heavy (non-hydrogen) atoms. The number of methoxy groups -OCH3 is 4. The maximum absolute atomic E-state index is 11.4. The third kappa shape index (κ3) is 4.74. The molecule has 0 amide bonds. The van der Waals surface area contributed by atoms with Gasteiger partial charge in [-0.25, -0.2) is 0 Å². The third-order valence-corrected chi connectivity index (χ3v) is 6.83. The minimum Gasteiger partial charge on any atom is -0.493 e. The first-order valence-corrected chi connectivity index (χ1v) is 12.1. The van der Waals surface area contributed by atoms with E-state index in [1.54, 1.807) is 40.2 Å². The highest BCUT2D eigenvalue weighted by Crippen LogP contribution is 2.50. The van der Waals surface area contributed by atoms with Crippen LogP contribution in [0.4, 0.5) is 0 Å². The van der Waals surface area contributed by atoms with Gasteiger partial charge in [0.2, 0.25) is 5.75 Å². The number of benzene rings is 2. The Kier molecular flexibility index (Phi) is 8.43. The lowest BCUT2D eigenvalue weighted by molar-refractivity contribution is 0.145. The molecule has 1 N–H and O–H groups in total. The zero-order valence-electron chi connectivity index (χ0n) is 19.8. The van der Waals surface area contributed by atoms with Gasteiger partial charge < -0.3 is 28.8 Å². The number of hydrogen-bond acceptors (Lipinski definition) is 7. The second-order valence-electron chi connectivity index (χ2n) is 7.84. The summed E-state index contributed by atoms with van der Waals surface area (Å²) in [6.07, 6.45) is 4.14. The SMILES string of the molecule is CCCOc1c(OC)cc([C@@H]2CC[C@@H](c3cc(OC)c(OC)c(OC)c3)[C@@H]2O)cc1SC. The molecule has 2 aromatic carbocycles. The standard InChI is InChI=1S/C25H34O6S/c1-7-10-31-25-21(29-4)13-16(14-22(25)32-6)18-9-8-17(23(18)26)15-11-19(27-2)24(30-5)20(12-15)28-3/h11-14,17-18,23,26H,7-10H2,1-6H3/t17-,18-,23-/m0/s1. The fourth-order valence-electron chi connectivity index (χ4n) is 4.48. The van der Waals surface area contributed by atoms with Gasteiger partial charge in [-0.1, -0.05) is 6.92 Å². The van der Waals surface area contributed by atoms with Crippen LogP contribution in [0.2, 0.25) is 0 Å². The monoisotopic (exact) mass is 462 g/mol. The fourth-order valence-corrected chi connectivity index (χ4v) is 5.08. The highest BCUT2D eigenvalue weighted by molar-refractivity contribution is 7.98. The zero-order chi connectivity index (χ0) is 23.3. The highest BCUT2D eigenvalue weighted by atomic mass is 32.2. The largest absolute Gasteiger partial charge is 0.493 e. The second-order valence-corrected chi connectivity index (χ2v) is 8.69. The lowest BCUT2D eigenvalue weighted by Crippen LogP contribution is -2.19. The topological polar surface area (TPSA) is 66.4 Å². The van der Waals surface area contributed by atoms with Gasteiger partial charge in [-0.05, 0) is 60.9 Å². The summed E-state index contributed by atoms with van der Waals surface area (Å²) in [5, 5.41) is 11.4. The molecule has 0 spiro atoms. The van der Waals surface area contributed by atoms with E-state index in [-0.39, 0.29) is 11.8 Å². The summed E-state index contributed by atoms with van der Waals surface area (Å²) in [4.78, 5) is 1.02. The number of hydrogen-bond donors (Lipinski definition) is 1. The fraction of sp³-hybridized carbons (Fsp3) is 0.520. The Hall–Kier alpha value is -2.25. The number of thioether (sulfide) groups is 1. The molecule has 0 radical (unpaired) electrons. The second kappa shape index (κ2) is 11.1. The van der Waals surface area contributed by atoms with Crippen LogP contribution in [0.1, 0.15) is 49.1 Å². The average Bonchev–Trinajstić information content (AvgIpc) is 3.22. The van der Waals surface area contributed by atoms with Gasteiger partial charge in [0, 0.05) is 11.8 Å². The van der Waals surface area contributed by atoms with Crippen molar-refractivity contribution < 1.29 is 28.8 Å². The molecule has 1 aliphatic carbocycles. The Bertz CT molecular complexity index is 865. The molecule has 1 saturated carbocycles. The smallest absolute Gasteiger partial charge is 0.203 e. The van der Waals surface area contributed by atoms with Gasteiger partial charge in [-0.3, -0.25) is 0 Å². The summed E-state index contributed by atoms with van der Waals surface area (Å²) in [5.41, 5.74) is 2.05. The molecule has 1 aliphatic rings. The van der Waals surface area contributed by atoms with E-state index in [0.29, 0.717) is 29.6 Å². The van der Waals surface area contributed by atoms with Gasteiger partial charge >= 0.3 is 0 Å². The molecule has 0 heterocycles. The lowest BCUT2D eigenvalue weighted by atomic mass is 9.89. The zero-order valence-corrected chi connectivity index (χ0v) is 20.6. The van der Waals surface area contributed by atoms with E-state index in [2.05, 4.69) is 13.0 Å². The van der Waals surface area contributed by atoms with Crippen LogP contribution in [0, 0.1) is 0 Å². The maximum Gasteiger partial charge on any atom is 0.203 e. The van der Waals surface area contributed by atoms with Crippen LogP contribution in [0.15, 0.2) is 29.2 Å². The molecule has 7 heteroatoms. The van der Waals surface area contributed by atoms with Crippen molar-refractivity contribution in [1.29, 1.82) is 0 Å². The van der Waals surface area contributed by atoms with Gasteiger partial charge in [-0.2, -0.15) is 0 Å². The van der Waals surface area contributed by atoms with E-state index in [9.17, 15) is 5.11 Å². The molecule has 0 unspecified atom stereocenters.